The van der Waals surface area contributed by atoms with Crippen molar-refractivity contribution in [3.8, 4) is 22.5 Å². The normalized spacial score (nSPS) is 11.9. The smallest absolute Gasteiger partial charge is 0.158 e. The van der Waals surface area contributed by atoms with Crippen LogP contribution in [0.5, 0.6) is 0 Å². The van der Waals surface area contributed by atoms with E-state index in [9.17, 15) is 4.39 Å². The van der Waals surface area contributed by atoms with Crippen molar-refractivity contribution in [3.05, 3.63) is 72.5 Å². The molecule has 0 unspecified atom stereocenters. The van der Waals surface area contributed by atoms with Gasteiger partial charge in [-0.2, -0.15) is 9.61 Å². The Morgan fingerprint density at radius 3 is 2.39 bits per heavy atom. The summed E-state index contributed by atoms with van der Waals surface area (Å²) >= 11 is 0. The molecule has 0 aliphatic rings. The highest BCUT2D eigenvalue weighted by molar-refractivity contribution is 5.70. The molecule has 5 nitrogen and oxygen atoms in total. The van der Waals surface area contributed by atoms with Crippen molar-refractivity contribution in [2.45, 2.75) is 13.8 Å². The Labute approximate surface area is 182 Å². The summed E-state index contributed by atoms with van der Waals surface area (Å²) in [5, 5.41) is 8.33. The fraction of sp³-hybridized carbons (Fsp3) is 0.280. The zero-order chi connectivity index (χ0) is 22.0. The van der Waals surface area contributed by atoms with Gasteiger partial charge in [-0.1, -0.05) is 56.3 Å². The average molecular weight is 419 g/mol. The van der Waals surface area contributed by atoms with Gasteiger partial charge in [0.1, 0.15) is 11.6 Å². The van der Waals surface area contributed by atoms with Crippen LogP contribution in [0.4, 0.5) is 10.2 Å². The van der Waals surface area contributed by atoms with Crippen LogP contribution >= 0.6 is 0 Å². The average Bonchev–Trinajstić information content (AvgIpc) is 3.16. The van der Waals surface area contributed by atoms with Gasteiger partial charge in [-0.05, 0) is 12.1 Å². The van der Waals surface area contributed by atoms with Crippen molar-refractivity contribution < 1.29 is 9.29 Å². The molecule has 0 spiro atoms. The summed E-state index contributed by atoms with van der Waals surface area (Å²) in [5.74, 6) is 0.590. The number of hydrogen-bond donors (Lipinski definition) is 2. The Kier molecular flexibility index (Phi) is 5.74. The van der Waals surface area contributed by atoms with E-state index >= 15 is 0 Å². The number of halogens is 1. The number of fused-ring (bicyclic) bond motifs is 1. The van der Waals surface area contributed by atoms with Gasteiger partial charge in [0.2, 0.25) is 0 Å². The van der Waals surface area contributed by atoms with E-state index in [0.29, 0.717) is 5.69 Å². The molecule has 0 saturated heterocycles. The second-order valence-corrected chi connectivity index (χ2v) is 9.10. The molecule has 2 N–H and O–H groups in total. The summed E-state index contributed by atoms with van der Waals surface area (Å²) in [6.45, 7) is 6.34. The quantitative estimate of drug-likeness (QED) is 0.480. The molecule has 0 fully saturated rings. The van der Waals surface area contributed by atoms with Crippen LogP contribution in [0.3, 0.4) is 0 Å². The first kappa shape index (κ1) is 21.0. The summed E-state index contributed by atoms with van der Waals surface area (Å²) in [5.41, 5.74) is 4.15. The molecule has 4 rings (SSSR count). The maximum atomic E-state index is 13.8. The van der Waals surface area contributed by atoms with Crippen LogP contribution < -0.4 is 10.2 Å². The molecular formula is C25H29FN5+. The summed E-state index contributed by atoms with van der Waals surface area (Å²) in [6, 6.07) is 20.5. The lowest BCUT2D eigenvalue weighted by atomic mass is 9.93. The second-order valence-electron chi connectivity index (χ2n) is 9.10. The van der Waals surface area contributed by atoms with E-state index in [4.69, 9.17) is 10.1 Å². The Hall–Kier alpha value is -3.25. The number of benzene rings is 2. The van der Waals surface area contributed by atoms with Gasteiger partial charge in [-0.3, -0.25) is 0 Å². The molecule has 6 heteroatoms. The third-order valence-corrected chi connectivity index (χ3v) is 5.20. The van der Waals surface area contributed by atoms with Crippen molar-refractivity contribution in [2.24, 2.45) is 5.41 Å². The molecule has 0 atom stereocenters. The van der Waals surface area contributed by atoms with Crippen LogP contribution in [0, 0.1) is 11.2 Å². The van der Waals surface area contributed by atoms with E-state index in [1.807, 2.05) is 53.0 Å². The fourth-order valence-corrected chi connectivity index (χ4v) is 4.00. The molecular weight excluding hydrogens is 389 g/mol. The zero-order valence-electron chi connectivity index (χ0n) is 18.5. The standard InChI is InChI=1S/C25H28FN5/c1-25(2,17-30(3)4)16-27-23-14-21(18-9-6-5-7-10-18)28-24-15-22(29-31(23)24)19-11-8-12-20(26)13-19/h5-15,27H,16-17H2,1-4H3/p+1. The first-order valence-corrected chi connectivity index (χ1v) is 10.6. The molecule has 0 saturated carbocycles. The third kappa shape index (κ3) is 4.91. The maximum absolute atomic E-state index is 13.8. The summed E-state index contributed by atoms with van der Waals surface area (Å²) in [6.07, 6.45) is 0. The number of nitrogens with one attached hydrogen (secondary N) is 2. The molecule has 2 heterocycles. The van der Waals surface area contributed by atoms with Crippen molar-refractivity contribution in [1.82, 2.24) is 14.6 Å². The highest BCUT2D eigenvalue weighted by Crippen LogP contribution is 2.27. The van der Waals surface area contributed by atoms with Gasteiger partial charge >= 0.3 is 0 Å². The molecule has 0 aliphatic carbocycles. The molecule has 31 heavy (non-hydrogen) atoms. The molecule has 0 radical (unpaired) electrons. The monoisotopic (exact) mass is 418 g/mol. The first-order valence-electron chi connectivity index (χ1n) is 10.6. The topological polar surface area (TPSA) is 46.7 Å². The van der Waals surface area contributed by atoms with E-state index in [-0.39, 0.29) is 11.2 Å². The van der Waals surface area contributed by atoms with E-state index in [0.717, 1.165) is 41.4 Å². The summed E-state index contributed by atoms with van der Waals surface area (Å²) in [4.78, 5) is 6.24. The predicted octanol–water partition coefficient (Wildman–Crippen LogP) is 3.79. The Balaban J connectivity index is 1.77. The number of nitrogens with zero attached hydrogens (tertiary/aromatic N) is 3. The van der Waals surface area contributed by atoms with Gasteiger partial charge in [0.25, 0.3) is 0 Å². The number of rotatable bonds is 7. The summed E-state index contributed by atoms with van der Waals surface area (Å²) in [7, 11) is 4.33. The van der Waals surface area contributed by atoms with Crippen LogP contribution in [-0.4, -0.2) is 41.8 Å². The van der Waals surface area contributed by atoms with Gasteiger partial charge < -0.3 is 10.2 Å². The molecule has 0 amide bonds. The van der Waals surface area contributed by atoms with Crippen molar-refractivity contribution in [2.75, 3.05) is 32.5 Å². The van der Waals surface area contributed by atoms with E-state index in [2.05, 4.69) is 33.3 Å². The molecule has 0 bridgehead atoms. The lowest BCUT2D eigenvalue weighted by Gasteiger charge is -2.26. The largest absolute Gasteiger partial charge is 0.369 e. The van der Waals surface area contributed by atoms with Crippen LogP contribution in [0.2, 0.25) is 0 Å². The van der Waals surface area contributed by atoms with Gasteiger partial charge in [0.15, 0.2) is 5.65 Å². The minimum Gasteiger partial charge on any atom is -0.369 e. The minimum atomic E-state index is -0.279. The van der Waals surface area contributed by atoms with E-state index < -0.39 is 0 Å². The van der Waals surface area contributed by atoms with Gasteiger partial charge in [-0.25, -0.2) is 9.37 Å². The molecule has 0 aliphatic heterocycles. The highest BCUT2D eigenvalue weighted by Gasteiger charge is 2.22. The Bertz CT molecular complexity index is 1180. The Morgan fingerprint density at radius 1 is 0.935 bits per heavy atom. The van der Waals surface area contributed by atoms with E-state index in [1.165, 1.54) is 17.0 Å². The lowest BCUT2D eigenvalue weighted by Crippen LogP contribution is -3.07. The van der Waals surface area contributed by atoms with Crippen LogP contribution in [-0.2, 0) is 0 Å². The zero-order valence-corrected chi connectivity index (χ0v) is 18.5. The number of aromatic nitrogens is 3. The lowest BCUT2D eigenvalue weighted by molar-refractivity contribution is -0.865. The molecule has 2 aromatic carbocycles. The summed E-state index contributed by atoms with van der Waals surface area (Å²) < 4.78 is 15.6. The molecule has 2 aromatic heterocycles. The maximum Gasteiger partial charge on any atom is 0.158 e. The van der Waals surface area contributed by atoms with Crippen LogP contribution in [0.15, 0.2) is 66.7 Å². The molecule has 160 valence electrons. The van der Waals surface area contributed by atoms with Crippen LogP contribution in [0.1, 0.15) is 13.8 Å². The Morgan fingerprint density at radius 2 is 1.68 bits per heavy atom. The second kappa shape index (κ2) is 8.47. The SMILES string of the molecule is C[NH+](C)CC(C)(C)CNc1cc(-c2ccccc2)nc2cc(-c3cccc(F)c3)nn12. The van der Waals surface area contributed by atoms with Crippen molar-refractivity contribution in [1.29, 1.82) is 0 Å². The number of hydrogen-bond acceptors (Lipinski definition) is 3. The van der Waals surface area contributed by atoms with Gasteiger partial charge in [0, 0.05) is 35.2 Å². The fourth-order valence-electron chi connectivity index (χ4n) is 4.00. The predicted molar refractivity (Wildman–Crippen MR) is 124 cm³/mol. The third-order valence-electron chi connectivity index (χ3n) is 5.20. The highest BCUT2D eigenvalue weighted by atomic mass is 19.1. The number of anilines is 1. The van der Waals surface area contributed by atoms with Crippen molar-refractivity contribution in [3.63, 3.8) is 0 Å². The minimum absolute atomic E-state index is 0.0971. The van der Waals surface area contributed by atoms with Crippen LogP contribution in [0.25, 0.3) is 28.2 Å². The number of quaternary nitrogens is 1. The van der Waals surface area contributed by atoms with Gasteiger partial charge in [0.05, 0.1) is 32.0 Å². The first-order chi connectivity index (χ1) is 14.8. The van der Waals surface area contributed by atoms with Crippen molar-refractivity contribution >= 4 is 11.5 Å². The van der Waals surface area contributed by atoms with Gasteiger partial charge in [-0.15, -0.1) is 0 Å². The molecule has 4 aromatic rings. The van der Waals surface area contributed by atoms with E-state index in [1.54, 1.807) is 6.07 Å².